The number of carbonyl (C=O) groups is 10. The molecule has 1 saturated heterocycles. The first-order chi connectivity index (χ1) is 35.0. The second-order valence-corrected chi connectivity index (χ2v) is 19.9. The van der Waals surface area contributed by atoms with Crippen LogP contribution in [0.5, 0.6) is 0 Å². The minimum atomic E-state index is -1.41. The molecule has 23 nitrogen and oxygen atoms in total. The van der Waals surface area contributed by atoms with E-state index in [0.29, 0.717) is 5.56 Å². The van der Waals surface area contributed by atoms with Crippen LogP contribution in [0.1, 0.15) is 111 Å². The number of aliphatic hydroxyl groups is 3. The van der Waals surface area contributed by atoms with Gasteiger partial charge in [0.15, 0.2) is 17.3 Å². The quantitative estimate of drug-likeness (QED) is 0.0537. The normalized spacial score (nSPS) is 24.5. The summed E-state index contributed by atoms with van der Waals surface area (Å²) in [6.45, 7) is 6.89. The van der Waals surface area contributed by atoms with E-state index in [-0.39, 0.29) is 90.0 Å². The molecule has 17 N–H and O–H groups in total. The maximum absolute atomic E-state index is 14.5. The van der Waals surface area contributed by atoms with Crippen LogP contribution in [0, 0.1) is 29.6 Å². The van der Waals surface area contributed by atoms with Gasteiger partial charge in [-0.05, 0) is 103 Å². The molecule has 0 spiro atoms. The lowest BCUT2D eigenvalue weighted by Gasteiger charge is -2.28. The van der Waals surface area contributed by atoms with Gasteiger partial charge in [-0.3, -0.25) is 47.9 Å². The molecule has 1 heterocycles. The molecule has 1 aliphatic heterocycles. The van der Waals surface area contributed by atoms with Crippen molar-refractivity contribution in [2.45, 2.75) is 160 Å². The van der Waals surface area contributed by atoms with Crippen molar-refractivity contribution in [1.29, 1.82) is 0 Å². The molecule has 0 saturated carbocycles. The molecular formula is C51H84N10O13. The topological polar surface area (TPSA) is 408 Å². The van der Waals surface area contributed by atoms with Crippen molar-refractivity contribution in [2.75, 3.05) is 32.7 Å². The monoisotopic (exact) mass is 1040 g/mol. The Morgan fingerprint density at radius 1 is 0.649 bits per heavy atom. The number of rotatable bonds is 23. The van der Waals surface area contributed by atoms with Gasteiger partial charge in [-0.15, -0.1) is 0 Å². The third-order valence-electron chi connectivity index (χ3n) is 12.9. The maximum Gasteiger partial charge on any atom is 0.243 e. The van der Waals surface area contributed by atoms with Crippen molar-refractivity contribution in [2.24, 2.45) is 52.5 Å². The Kier molecular flexibility index (Phi) is 29.1. The Hall–Kier alpha value is -5.56. The molecule has 6 amide bonds. The number of ketones is 4. The predicted molar refractivity (Wildman–Crippen MR) is 274 cm³/mol. The van der Waals surface area contributed by atoms with Crippen LogP contribution in [0.4, 0.5) is 0 Å². The lowest BCUT2D eigenvalue weighted by atomic mass is 9.89. The third kappa shape index (κ3) is 22.5. The summed E-state index contributed by atoms with van der Waals surface area (Å²) >= 11 is 0. The predicted octanol–water partition coefficient (Wildman–Crippen LogP) is -2.55. The van der Waals surface area contributed by atoms with Crippen LogP contribution < -0.4 is 54.8 Å². The molecule has 2 rings (SSSR count). The third-order valence-corrected chi connectivity index (χ3v) is 12.9. The van der Waals surface area contributed by atoms with E-state index in [0.717, 1.165) is 0 Å². The summed E-state index contributed by atoms with van der Waals surface area (Å²) in [5.41, 5.74) is 24.2. The highest BCUT2D eigenvalue weighted by Gasteiger charge is 2.37. The van der Waals surface area contributed by atoms with E-state index < -0.39 is 156 Å². The molecule has 1 aromatic carbocycles. The lowest BCUT2D eigenvalue weighted by molar-refractivity contribution is -0.137. The highest BCUT2D eigenvalue weighted by molar-refractivity contribution is 5.98. The second-order valence-electron chi connectivity index (χ2n) is 19.9. The van der Waals surface area contributed by atoms with E-state index in [4.69, 9.17) is 22.9 Å². The van der Waals surface area contributed by atoms with Crippen molar-refractivity contribution < 1.29 is 63.3 Å². The first kappa shape index (κ1) is 64.6. The number of hydrogen-bond acceptors (Lipinski definition) is 17. The van der Waals surface area contributed by atoms with Crippen LogP contribution in [0.2, 0.25) is 0 Å². The standard InChI is InChI=1S/C51H84N10O13/c1-28(2)21-42-51(74)60-41(14-19-55)50(73)59-40(13-18-54)45(68)27-37(31(5)64)48(71)56-20-15-33(24-43(66)39(12-17-53)58-49(72)36(30(4)63)26-35(65)22-29(3)62)46(69)57-38(11-16-52)44(67)25-34(47(70)61-42)23-32-9-7-6-8-10-32/h6-10,28-31,33-34,36-42,62-64H,11-27,52-55H2,1-5H3,(H,56,71)(H,57,69)(H,58,72)(H,59,73)(H,60,74)(H,61,70)/t29?,30?,31?,33-,34+,36+,37+,38+,39+,40+,41+,42+/m1/s1. The van der Waals surface area contributed by atoms with Crippen LogP contribution in [0.25, 0.3) is 0 Å². The Labute approximate surface area is 434 Å². The van der Waals surface area contributed by atoms with Crippen molar-refractivity contribution in [3.8, 4) is 0 Å². The van der Waals surface area contributed by atoms with E-state index in [2.05, 4.69) is 31.9 Å². The number of nitrogens with one attached hydrogen (secondary N) is 6. The molecule has 12 atom stereocenters. The average molecular weight is 1050 g/mol. The van der Waals surface area contributed by atoms with Crippen LogP contribution in [0.15, 0.2) is 30.3 Å². The molecule has 1 aliphatic rings. The SMILES string of the molecule is CC(C)C[C@@H]1NC(=O)[C@@H](Cc2ccccc2)CC(=O)[C@H](CCN)NC(=O)[C@@H](CC(=O)[C@H](CCN)NC(=O)[C@@H](CC(=O)CC(C)O)C(C)O)CCNC(=O)[C@H](C(C)O)CC(=O)[C@H](CCN)NC(=O)[C@H](CCN)NC1=O. The zero-order valence-electron chi connectivity index (χ0n) is 43.6. The zero-order chi connectivity index (χ0) is 55.7. The van der Waals surface area contributed by atoms with Gasteiger partial charge in [-0.1, -0.05) is 44.2 Å². The van der Waals surface area contributed by atoms with Gasteiger partial charge in [0, 0.05) is 50.5 Å². The molecule has 1 aromatic rings. The fourth-order valence-corrected chi connectivity index (χ4v) is 8.72. The summed E-state index contributed by atoms with van der Waals surface area (Å²) in [6, 6.07) is 2.35. The van der Waals surface area contributed by atoms with Gasteiger partial charge < -0.3 is 70.2 Å². The van der Waals surface area contributed by atoms with Gasteiger partial charge in [0.2, 0.25) is 35.4 Å². The maximum atomic E-state index is 14.5. The first-order valence-electron chi connectivity index (χ1n) is 25.7. The van der Waals surface area contributed by atoms with Crippen molar-refractivity contribution in [3.05, 3.63) is 35.9 Å². The number of nitrogens with two attached hydrogens (primary N) is 4. The Morgan fingerprint density at radius 2 is 1.18 bits per heavy atom. The van der Waals surface area contributed by atoms with E-state index in [1.54, 1.807) is 30.3 Å². The molecule has 416 valence electrons. The van der Waals surface area contributed by atoms with Gasteiger partial charge in [0.1, 0.15) is 17.9 Å². The van der Waals surface area contributed by atoms with Gasteiger partial charge in [0.05, 0.1) is 48.3 Å². The number of Topliss-reactive ketones (excluding diaryl/α,β-unsaturated/α-hetero) is 4. The second kappa shape index (κ2) is 33.4. The van der Waals surface area contributed by atoms with Crippen LogP contribution in [-0.2, 0) is 54.4 Å². The number of aliphatic hydroxyl groups excluding tert-OH is 3. The number of carbonyl (C=O) groups excluding carboxylic acids is 10. The van der Waals surface area contributed by atoms with Crippen molar-refractivity contribution >= 4 is 58.6 Å². The van der Waals surface area contributed by atoms with Gasteiger partial charge in [-0.2, -0.15) is 0 Å². The summed E-state index contributed by atoms with van der Waals surface area (Å²) in [7, 11) is 0. The minimum absolute atomic E-state index is 0.0235. The van der Waals surface area contributed by atoms with Crippen molar-refractivity contribution in [1.82, 2.24) is 31.9 Å². The van der Waals surface area contributed by atoms with Gasteiger partial charge in [0.25, 0.3) is 0 Å². The molecule has 1 fully saturated rings. The van der Waals surface area contributed by atoms with Crippen LogP contribution >= 0.6 is 0 Å². The lowest BCUT2D eigenvalue weighted by Crippen LogP contribution is -2.57. The highest BCUT2D eigenvalue weighted by atomic mass is 16.3. The molecule has 0 bridgehead atoms. The number of benzene rings is 1. The highest BCUT2D eigenvalue weighted by Crippen LogP contribution is 2.21. The van der Waals surface area contributed by atoms with Crippen LogP contribution in [0.3, 0.4) is 0 Å². The summed E-state index contributed by atoms with van der Waals surface area (Å²) < 4.78 is 0. The Balaban J connectivity index is 2.74. The van der Waals surface area contributed by atoms with E-state index >= 15 is 0 Å². The molecule has 23 heteroatoms. The van der Waals surface area contributed by atoms with Crippen molar-refractivity contribution in [3.63, 3.8) is 0 Å². The van der Waals surface area contributed by atoms with Gasteiger partial charge >= 0.3 is 0 Å². The summed E-state index contributed by atoms with van der Waals surface area (Å²) in [6.07, 6.45) is -6.68. The molecular weight excluding hydrogens is 961 g/mol. The molecule has 0 radical (unpaired) electrons. The zero-order valence-corrected chi connectivity index (χ0v) is 43.6. The summed E-state index contributed by atoms with van der Waals surface area (Å²) in [5, 5.41) is 46.8. The fraction of sp³-hybridized carbons (Fsp3) is 0.686. The van der Waals surface area contributed by atoms with Gasteiger partial charge in [-0.25, -0.2) is 0 Å². The average Bonchev–Trinajstić information content (AvgIpc) is 3.32. The van der Waals surface area contributed by atoms with Crippen LogP contribution in [-0.4, -0.2) is 155 Å². The Morgan fingerprint density at radius 3 is 1.72 bits per heavy atom. The largest absolute Gasteiger partial charge is 0.393 e. The number of amides is 6. The minimum Gasteiger partial charge on any atom is -0.393 e. The molecule has 0 aromatic heterocycles. The first-order valence-corrected chi connectivity index (χ1v) is 25.7. The smallest absolute Gasteiger partial charge is 0.243 e. The molecule has 74 heavy (non-hydrogen) atoms. The molecule has 3 unspecified atom stereocenters. The fourth-order valence-electron chi connectivity index (χ4n) is 8.72. The van der Waals surface area contributed by atoms with E-state index in [9.17, 15) is 63.3 Å². The van der Waals surface area contributed by atoms with E-state index in [1.807, 2.05) is 13.8 Å². The number of hydrogen-bond donors (Lipinski definition) is 13. The summed E-state index contributed by atoms with van der Waals surface area (Å²) in [4.78, 5) is 139. The Bertz CT molecular complexity index is 2020. The molecule has 0 aliphatic carbocycles. The summed E-state index contributed by atoms with van der Waals surface area (Å²) in [5.74, 6) is -12.5. The van der Waals surface area contributed by atoms with E-state index in [1.165, 1.54) is 20.8 Å².